The number of fused-ring (bicyclic) bond motifs is 3. The molecule has 10 heteroatoms. The smallest absolute Gasteiger partial charge is 0.410 e. The van der Waals surface area contributed by atoms with Gasteiger partial charge >= 0.3 is 6.09 Å². The Morgan fingerprint density at radius 3 is 2.38 bits per heavy atom. The molecule has 37 heavy (non-hydrogen) atoms. The molecule has 1 aromatic carbocycles. The number of nitrogens with zero attached hydrogens (tertiary/aromatic N) is 4. The van der Waals surface area contributed by atoms with Gasteiger partial charge in [-0.15, -0.1) is 0 Å². The largest absolute Gasteiger partial charge is 0.444 e. The van der Waals surface area contributed by atoms with Crippen molar-refractivity contribution in [2.24, 2.45) is 0 Å². The van der Waals surface area contributed by atoms with Crippen LogP contribution >= 0.6 is 0 Å². The Kier molecular flexibility index (Phi) is 6.26. The van der Waals surface area contributed by atoms with Crippen molar-refractivity contribution in [1.29, 1.82) is 0 Å². The van der Waals surface area contributed by atoms with E-state index in [-0.39, 0.29) is 28.0 Å². The summed E-state index contributed by atoms with van der Waals surface area (Å²) in [5.41, 5.74) is 1.10. The molecule has 0 atom stereocenters. The lowest BCUT2D eigenvalue weighted by atomic mass is 10.0. The van der Waals surface area contributed by atoms with Gasteiger partial charge < -0.3 is 19.2 Å². The number of aromatic amines is 1. The second-order valence-electron chi connectivity index (χ2n) is 10.9. The SMILES string of the molecule is CC(C)c1nc2c(S(=O)(=O)c3ccccc3)nc3[nH]ccc3c2n1C1CCN(C(=O)OC(C)(C)C)CC1. The molecule has 1 N–H and O–H groups in total. The first-order valence-corrected chi connectivity index (χ1v) is 14.1. The maximum absolute atomic E-state index is 13.7. The molecule has 3 aromatic heterocycles. The summed E-state index contributed by atoms with van der Waals surface area (Å²) in [5, 5.41) is 0.784. The van der Waals surface area contributed by atoms with E-state index in [4.69, 9.17) is 9.72 Å². The lowest BCUT2D eigenvalue weighted by Gasteiger charge is -2.35. The van der Waals surface area contributed by atoms with Gasteiger partial charge in [-0.3, -0.25) is 0 Å². The molecule has 196 valence electrons. The number of aromatic nitrogens is 4. The van der Waals surface area contributed by atoms with Crippen LogP contribution in [-0.4, -0.2) is 57.6 Å². The molecule has 9 nitrogen and oxygen atoms in total. The standard InChI is InChI=1S/C27H33N5O4S/c1-17(2)24-29-21-22(32(24)18-12-15-31(16-13-18)26(33)36-27(3,4)5)20-11-14-28-23(20)30-25(21)37(34,35)19-9-7-6-8-10-19/h6-11,14,17-18H,12-13,15-16H2,1-5H3,(H,28,30). The third-order valence-electron chi connectivity index (χ3n) is 6.64. The summed E-state index contributed by atoms with van der Waals surface area (Å²) in [5.74, 6) is 0.864. The predicted molar refractivity (Wildman–Crippen MR) is 141 cm³/mol. The quantitative estimate of drug-likeness (QED) is 0.381. The van der Waals surface area contributed by atoms with Gasteiger partial charge in [0.25, 0.3) is 0 Å². The van der Waals surface area contributed by atoms with Crippen molar-refractivity contribution in [2.45, 2.75) is 74.9 Å². The minimum absolute atomic E-state index is 0.0458. The van der Waals surface area contributed by atoms with Gasteiger partial charge in [-0.25, -0.2) is 23.2 Å². The van der Waals surface area contributed by atoms with Gasteiger partial charge in [0.15, 0.2) is 5.03 Å². The fraction of sp³-hybridized carbons (Fsp3) is 0.444. The summed E-state index contributed by atoms with van der Waals surface area (Å²) in [6, 6.07) is 10.3. The molecule has 5 rings (SSSR count). The van der Waals surface area contributed by atoms with E-state index < -0.39 is 15.4 Å². The Bertz CT molecular complexity index is 1560. The normalized spacial score (nSPS) is 15.7. The van der Waals surface area contributed by atoms with Crippen molar-refractivity contribution in [2.75, 3.05) is 13.1 Å². The third kappa shape index (κ3) is 4.58. The minimum atomic E-state index is -3.91. The number of imidazole rings is 1. The first-order valence-electron chi connectivity index (χ1n) is 12.6. The number of carbonyl (C=O) groups is 1. The summed E-state index contributed by atoms with van der Waals surface area (Å²) in [7, 11) is -3.91. The van der Waals surface area contributed by atoms with Crippen LogP contribution in [-0.2, 0) is 14.6 Å². The molecule has 1 aliphatic heterocycles. The summed E-state index contributed by atoms with van der Waals surface area (Å²) in [6.45, 7) is 10.8. The molecule has 1 amide bonds. The molecule has 0 bridgehead atoms. The van der Waals surface area contributed by atoms with E-state index in [9.17, 15) is 13.2 Å². The monoisotopic (exact) mass is 523 g/mol. The maximum atomic E-state index is 13.7. The Labute approximate surface area is 216 Å². The minimum Gasteiger partial charge on any atom is -0.444 e. The zero-order chi connectivity index (χ0) is 26.5. The van der Waals surface area contributed by atoms with Crippen LogP contribution in [0, 0.1) is 0 Å². The number of hydrogen-bond acceptors (Lipinski definition) is 6. The number of ether oxygens (including phenoxy) is 1. The van der Waals surface area contributed by atoms with Crippen molar-refractivity contribution >= 4 is 38.0 Å². The van der Waals surface area contributed by atoms with E-state index in [0.29, 0.717) is 37.1 Å². The van der Waals surface area contributed by atoms with Crippen LogP contribution in [0.5, 0.6) is 0 Å². The first-order chi connectivity index (χ1) is 17.5. The van der Waals surface area contributed by atoms with Crippen LogP contribution in [0.25, 0.3) is 22.1 Å². The Balaban J connectivity index is 1.63. The predicted octanol–water partition coefficient (Wildman–Crippen LogP) is 5.44. The van der Waals surface area contributed by atoms with E-state index in [1.54, 1.807) is 41.4 Å². The first kappa shape index (κ1) is 25.3. The van der Waals surface area contributed by atoms with Gasteiger partial charge in [0.05, 0.1) is 10.4 Å². The van der Waals surface area contributed by atoms with E-state index in [0.717, 1.165) is 16.7 Å². The Hall–Kier alpha value is -3.40. The highest BCUT2D eigenvalue weighted by Gasteiger charge is 2.33. The third-order valence-corrected chi connectivity index (χ3v) is 8.33. The summed E-state index contributed by atoms with van der Waals surface area (Å²) >= 11 is 0. The van der Waals surface area contributed by atoms with E-state index in [1.165, 1.54) is 0 Å². The average Bonchev–Trinajstić information content (AvgIpc) is 3.47. The summed E-state index contributed by atoms with van der Waals surface area (Å²) in [4.78, 5) is 27.1. The van der Waals surface area contributed by atoms with Crippen LogP contribution in [0.15, 0.2) is 52.5 Å². The molecule has 0 aliphatic carbocycles. The van der Waals surface area contributed by atoms with Gasteiger partial charge in [-0.05, 0) is 51.8 Å². The highest BCUT2D eigenvalue weighted by atomic mass is 32.2. The van der Waals surface area contributed by atoms with Crippen molar-refractivity contribution < 1.29 is 17.9 Å². The number of nitrogens with one attached hydrogen (secondary N) is 1. The van der Waals surface area contributed by atoms with Gasteiger partial charge in [0, 0.05) is 36.6 Å². The van der Waals surface area contributed by atoms with Gasteiger partial charge in [-0.2, -0.15) is 0 Å². The zero-order valence-corrected chi connectivity index (χ0v) is 22.7. The second kappa shape index (κ2) is 9.16. The van der Waals surface area contributed by atoms with Crippen molar-refractivity contribution in [3.05, 3.63) is 48.4 Å². The molecule has 1 aliphatic rings. The van der Waals surface area contributed by atoms with Crippen molar-refractivity contribution in [3.8, 4) is 0 Å². The number of H-pyrrole nitrogens is 1. The number of likely N-dealkylation sites (tertiary alicyclic amines) is 1. The van der Waals surface area contributed by atoms with Gasteiger partial charge in [0.2, 0.25) is 9.84 Å². The average molecular weight is 524 g/mol. The number of rotatable bonds is 4. The molecule has 1 saturated heterocycles. The highest BCUT2D eigenvalue weighted by molar-refractivity contribution is 7.91. The molecule has 0 saturated carbocycles. The number of benzene rings is 1. The zero-order valence-electron chi connectivity index (χ0n) is 21.9. The van der Waals surface area contributed by atoms with Crippen LogP contribution < -0.4 is 0 Å². The molecule has 0 radical (unpaired) electrons. The van der Waals surface area contributed by atoms with Gasteiger partial charge in [0.1, 0.15) is 22.6 Å². The lowest BCUT2D eigenvalue weighted by molar-refractivity contribution is 0.0188. The molecular formula is C27H33N5O4S. The molecule has 4 heterocycles. The van der Waals surface area contributed by atoms with Crippen LogP contribution in [0.4, 0.5) is 4.79 Å². The lowest BCUT2D eigenvalue weighted by Crippen LogP contribution is -2.42. The van der Waals surface area contributed by atoms with E-state index in [1.807, 2.05) is 26.8 Å². The number of amides is 1. The molecular weight excluding hydrogens is 490 g/mol. The molecule has 0 spiro atoms. The number of carbonyl (C=O) groups excluding carboxylic acids is 1. The van der Waals surface area contributed by atoms with E-state index in [2.05, 4.69) is 28.4 Å². The number of hydrogen-bond donors (Lipinski definition) is 1. The topological polar surface area (TPSA) is 110 Å². The molecule has 4 aromatic rings. The Morgan fingerprint density at radius 2 is 1.76 bits per heavy atom. The molecule has 1 fully saturated rings. The summed E-state index contributed by atoms with van der Waals surface area (Å²) in [6.07, 6.45) is 2.88. The number of piperidine rings is 1. The van der Waals surface area contributed by atoms with E-state index >= 15 is 0 Å². The molecule has 0 unspecified atom stereocenters. The van der Waals surface area contributed by atoms with Crippen LogP contribution in [0.3, 0.4) is 0 Å². The van der Waals surface area contributed by atoms with Gasteiger partial charge in [-0.1, -0.05) is 32.0 Å². The Morgan fingerprint density at radius 1 is 1.08 bits per heavy atom. The van der Waals surface area contributed by atoms with Crippen molar-refractivity contribution in [3.63, 3.8) is 0 Å². The number of sulfone groups is 1. The van der Waals surface area contributed by atoms with Crippen LogP contribution in [0.2, 0.25) is 0 Å². The highest BCUT2D eigenvalue weighted by Crippen LogP contribution is 2.38. The summed E-state index contributed by atoms with van der Waals surface area (Å²) < 4.78 is 35.2. The maximum Gasteiger partial charge on any atom is 0.410 e. The number of pyridine rings is 1. The van der Waals surface area contributed by atoms with Crippen molar-refractivity contribution in [1.82, 2.24) is 24.4 Å². The fourth-order valence-electron chi connectivity index (χ4n) is 4.96. The second-order valence-corrected chi connectivity index (χ2v) is 12.7. The van der Waals surface area contributed by atoms with Crippen LogP contribution in [0.1, 0.15) is 65.2 Å². The fourth-order valence-corrected chi connectivity index (χ4v) is 6.31.